The summed E-state index contributed by atoms with van der Waals surface area (Å²) < 4.78 is 21.8. The zero-order chi connectivity index (χ0) is 12.2. The van der Waals surface area contributed by atoms with Crippen LogP contribution in [0.1, 0.15) is 25.3 Å². The van der Waals surface area contributed by atoms with Crippen LogP contribution in [-0.2, 0) is 9.84 Å². The molecule has 0 radical (unpaired) electrons. The molecule has 0 atom stereocenters. The summed E-state index contributed by atoms with van der Waals surface area (Å²) in [6, 6.07) is 8.09. The normalized spacial score (nSPS) is 11.8. The molecule has 0 amide bonds. The Balaban J connectivity index is 2.50. The number of hydrogen-bond acceptors (Lipinski definition) is 3. The lowest BCUT2D eigenvalue weighted by molar-refractivity contribution is 0.602. The van der Waals surface area contributed by atoms with Gasteiger partial charge < -0.3 is 5.32 Å². The minimum absolute atomic E-state index is 0.166. The lowest BCUT2D eigenvalue weighted by Crippen LogP contribution is -2.14. The average molecular weight is 241 g/mol. The Hall–Kier alpha value is -1.03. The second-order valence-corrected chi connectivity index (χ2v) is 6.59. The molecular weight excluding hydrogens is 222 g/mol. The Bertz CT molecular complexity index is 421. The summed E-state index contributed by atoms with van der Waals surface area (Å²) in [6.45, 7) is 4.75. The van der Waals surface area contributed by atoms with Crippen LogP contribution < -0.4 is 5.32 Å². The number of hydrogen-bond donors (Lipinski definition) is 1. The number of nitrogens with one attached hydrogen (secondary N) is 1. The standard InChI is InChI=1S/C12H19NO2S/c1-10(2)11-4-6-12(7-5-11)13-8-9-16(3,14)15/h4-7,10,13H,8-9H2,1-3H3. The van der Waals surface area contributed by atoms with Gasteiger partial charge in [-0.15, -0.1) is 0 Å². The summed E-state index contributed by atoms with van der Waals surface area (Å²) in [5.74, 6) is 0.684. The van der Waals surface area contributed by atoms with Crippen LogP contribution in [0.4, 0.5) is 5.69 Å². The van der Waals surface area contributed by atoms with Crippen LogP contribution in [0.2, 0.25) is 0 Å². The number of anilines is 1. The van der Waals surface area contributed by atoms with Crippen molar-refractivity contribution in [1.29, 1.82) is 0 Å². The van der Waals surface area contributed by atoms with Gasteiger partial charge in [-0.25, -0.2) is 8.42 Å². The number of rotatable bonds is 5. The molecule has 0 saturated carbocycles. The summed E-state index contributed by atoms with van der Waals surface area (Å²) in [5.41, 5.74) is 2.25. The summed E-state index contributed by atoms with van der Waals surface area (Å²) in [6.07, 6.45) is 1.25. The van der Waals surface area contributed by atoms with E-state index < -0.39 is 9.84 Å². The third kappa shape index (κ3) is 4.66. The van der Waals surface area contributed by atoms with Crippen LogP contribution in [0.3, 0.4) is 0 Å². The van der Waals surface area contributed by atoms with Crippen molar-refractivity contribution in [3.63, 3.8) is 0 Å². The molecule has 0 aliphatic rings. The van der Waals surface area contributed by atoms with Crippen LogP contribution in [0.25, 0.3) is 0 Å². The smallest absolute Gasteiger partial charge is 0.149 e. The van der Waals surface area contributed by atoms with E-state index in [0.717, 1.165) is 5.69 Å². The summed E-state index contributed by atoms with van der Waals surface area (Å²) in [7, 11) is -2.88. The van der Waals surface area contributed by atoms with Crippen molar-refractivity contribution >= 4 is 15.5 Å². The molecule has 90 valence electrons. The minimum atomic E-state index is -2.88. The van der Waals surface area contributed by atoms with Gasteiger partial charge in [0.15, 0.2) is 0 Å². The van der Waals surface area contributed by atoms with Crippen molar-refractivity contribution in [3.05, 3.63) is 29.8 Å². The van der Waals surface area contributed by atoms with Gasteiger partial charge in [0.1, 0.15) is 9.84 Å². The highest BCUT2D eigenvalue weighted by Gasteiger charge is 2.02. The van der Waals surface area contributed by atoms with Gasteiger partial charge in [0.25, 0.3) is 0 Å². The molecule has 4 heteroatoms. The zero-order valence-electron chi connectivity index (χ0n) is 10.0. The first-order valence-corrected chi connectivity index (χ1v) is 7.46. The molecule has 1 aromatic carbocycles. The molecule has 0 fully saturated rings. The maximum absolute atomic E-state index is 10.9. The van der Waals surface area contributed by atoms with Gasteiger partial charge in [-0.05, 0) is 23.6 Å². The van der Waals surface area contributed by atoms with Gasteiger partial charge in [0.2, 0.25) is 0 Å². The largest absolute Gasteiger partial charge is 0.384 e. The highest BCUT2D eigenvalue weighted by molar-refractivity contribution is 7.90. The van der Waals surface area contributed by atoms with Crippen LogP contribution in [0, 0.1) is 0 Å². The van der Waals surface area contributed by atoms with E-state index in [0.29, 0.717) is 12.5 Å². The van der Waals surface area contributed by atoms with Gasteiger partial charge in [0, 0.05) is 18.5 Å². The Labute approximate surface area is 97.8 Å². The first-order chi connectivity index (χ1) is 7.38. The molecule has 0 unspecified atom stereocenters. The fraction of sp³-hybridized carbons (Fsp3) is 0.500. The molecule has 1 N–H and O–H groups in total. The van der Waals surface area contributed by atoms with Gasteiger partial charge in [-0.1, -0.05) is 26.0 Å². The molecule has 0 aliphatic heterocycles. The predicted molar refractivity (Wildman–Crippen MR) is 68.7 cm³/mol. The zero-order valence-corrected chi connectivity index (χ0v) is 10.8. The Morgan fingerprint density at radius 1 is 1.19 bits per heavy atom. The van der Waals surface area contributed by atoms with Crippen LogP contribution in [-0.4, -0.2) is 27.0 Å². The van der Waals surface area contributed by atoms with Crippen molar-refractivity contribution in [2.24, 2.45) is 0 Å². The van der Waals surface area contributed by atoms with Crippen LogP contribution in [0.5, 0.6) is 0 Å². The Morgan fingerprint density at radius 3 is 2.19 bits per heavy atom. The van der Waals surface area contributed by atoms with E-state index >= 15 is 0 Å². The molecular formula is C12H19NO2S. The van der Waals surface area contributed by atoms with Gasteiger partial charge in [0.05, 0.1) is 5.75 Å². The SMILES string of the molecule is CC(C)c1ccc(NCCS(C)(=O)=O)cc1. The molecule has 16 heavy (non-hydrogen) atoms. The molecule has 0 bridgehead atoms. The average Bonchev–Trinajstić information content (AvgIpc) is 2.16. The fourth-order valence-corrected chi connectivity index (χ4v) is 1.84. The number of benzene rings is 1. The lowest BCUT2D eigenvalue weighted by Gasteiger charge is -2.08. The van der Waals surface area contributed by atoms with E-state index in [-0.39, 0.29) is 5.75 Å². The molecule has 0 saturated heterocycles. The van der Waals surface area contributed by atoms with E-state index in [9.17, 15) is 8.42 Å². The highest BCUT2D eigenvalue weighted by Crippen LogP contribution is 2.16. The van der Waals surface area contributed by atoms with E-state index in [1.165, 1.54) is 11.8 Å². The van der Waals surface area contributed by atoms with E-state index in [1.54, 1.807) is 0 Å². The maximum Gasteiger partial charge on any atom is 0.149 e. The summed E-state index contributed by atoms with van der Waals surface area (Å²) >= 11 is 0. The predicted octanol–water partition coefficient (Wildman–Crippen LogP) is 2.27. The van der Waals surface area contributed by atoms with Crippen molar-refractivity contribution < 1.29 is 8.42 Å². The molecule has 0 aromatic heterocycles. The third-order valence-corrected chi connectivity index (χ3v) is 3.33. The minimum Gasteiger partial charge on any atom is -0.384 e. The first kappa shape index (κ1) is 13.0. The second kappa shape index (κ2) is 5.34. The molecule has 0 heterocycles. The fourth-order valence-electron chi connectivity index (χ4n) is 1.37. The van der Waals surface area contributed by atoms with Crippen molar-refractivity contribution in [2.75, 3.05) is 23.9 Å². The molecule has 0 spiro atoms. The molecule has 0 aliphatic carbocycles. The topological polar surface area (TPSA) is 46.2 Å². The monoisotopic (exact) mass is 241 g/mol. The van der Waals surface area contributed by atoms with Gasteiger partial charge >= 0.3 is 0 Å². The van der Waals surface area contributed by atoms with Crippen molar-refractivity contribution in [1.82, 2.24) is 0 Å². The molecule has 1 aromatic rings. The molecule has 3 nitrogen and oxygen atoms in total. The molecule has 1 rings (SSSR count). The lowest BCUT2D eigenvalue weighted by atomic mass is 10.0. The Kier molecular flexibility index (Phi) is 4.35. The van der Waals surface area contributed by atoms with E-state index in [2.05, 4.69) is 31.3 Å². The van der Waals surface area contributed by atoms with E-state index in [4.69, 9.17) is 0 Å². The van der Waals surface area contributed by atoms with Crippen molar-refractivity contribution in [2.45, 2.75) is 19.8 Å². The second-order valence-electron chi connectivity index (χ2n) is 4.33. The summed E-state index contributed by atoms with van der Waals surface area (Å²) in [5, 5.41) is 3.09. The highest BCUT2D eigenvalue weighted by atomic mass is 32.2. The Morgan fingerprint density at radius 2 is 1.75 bits per heavy atom. The van der Waals surface area contributed by atoms with Crippen molar-refractivity contribution in [3.8, 4) is 0 Å². The van der Waals surface area contributed by atoms with Gasteiger partial charge in [-0.3, -0.25) is 0 Å². The third-order valence-electron chi connectivity index (χ3n) is 2.38. The van der Waals surface area contributed by atoms with Crippen LogP contribution >= 0.6 is 0 Å². The summed E-state index contributed by atoms with van der Waals surface area (Å²) in [4.78, 5) is 0. The van der Waals surface area contributed by atoms with Gasteiger partial charge in [-0.2, -0.15) is 0 Å². The van der Waals surface area contributed by atoms with E-state index in [1.807, 2.05) is 12.1 Å². The van der Waals surface area contributed by atoms with Crippen LogP contribution in [0.15, 0.2) is 24.3 Å². The maximum atomic E-state index is 10.9. The quantitative estimate of drug-likeness (QED) is 0.860. The first-order valence-electron chi connectivity index (χ1n) is 5.40. The number of sulfone groups is 1.